The van der Waals surface area contributed by atoms with Crippen molar-refractivity contribution in [3.8, 4) is 0 Å². The van der Waals surface area contributed by atoms with Gasteiger partial charge in [0.15, 0.2) is 29.6 Å². The number of esters is 1. The number of carbonyl (C=O) groups excluding carboxylic acids is 3. The number of ether oxygens (including phenoxy) is 6. The first-order valence-corrected chi connectivity index (χ1v) is 29.7. The van der Waals surface area contributed by atoms with Gasteiger partial charge in [-0.3, -0.25) is 19.3 Å². The molecule has 19 nitrogen and oxygen atoms in total. The topological polar surface area (TPSA) is 276 Å². The van der Waals surface area contributed by atoms with Gasteiger partial charge in [0.2, 0.25) is 0 Å². The van der Waals surface area contributed by atoms with Crippen molar-refractivity contribution >= 4 is 17.7 Å². The standard InChI is InChI=1S/C60H100FN3O16/c1-16-44-58(13,73)48(68)36(7)64(23-17-22-63-53(71)60(74)32(3)24-41-40-19-18-38-26-39(65)20-21-54(38,9)59(40,61)43(66)28-55(41,60)10)30-31(2)27-56(11,72)50(80-52-46(67)42(62-14)25-33(4)76-52)34(5)47(35(6)51(70)78-44)79-45-29-57(12,75-15)49(69)37(8)77-45/h18,20-21,31-37,40-50,52,62,66-69,72-74H,16-17,19,22-30H2,1-15H3,(H,63,71)/t31-,32-,33-,34+,35-,36-,37+,40?,41?,42+,43+,44-,45+,46-,47+,48-,49+,50-,52+,54+,55+,56-,57-,58-,59+,60+/m1/s1. The lowest BCUT2D eigenvalue weighted by atomic mass is 9.45. The summed E-state index contributed by atoms with van der Waals surface area (Å²) >= 11 is 0. The van der Waals surface area contributed by atoms with Crippen LogP contribution in [-0.4, -0.2) is 200 Å². The molecule has 2 saturated carbocycles. The second kappa shape index (κ2) is 24.1. The number of cyclic esters (lactones) is 1. The van der Waals surface area contributed by atoms with Crippen molar-refractivity contribution in [2.45, 2.75) is 255 Å². The predicted molar refractivity (Wildman–Crippen MR) is 294 cm³/mol. The van der Waals surface area contributed by atoms with E-state index in [2.05, 4.69) is 10.6 Å². The maximum Gasteiger partial charge on any atom is 0.311 e. The van der Waals surface area contributed by atoms with E-state index in [-0.39, 0.29) is 76.0 Å². The van der Waals surface area contributed by atoms with Gasteiger partial charge >= 0.3 is 5.97 Å². The molecule has 0 radical (unpaired) electrons. The molecular formula is C60H100FN3O16. The largest absolute Gasteiger partial charge is 0.459 e. The van der Waals surface area contributed by atoms with E-state index >= 15 is 4.39 Å². The third-order valence-corrected chi connectivity index (χ3v) is 21.2. The Morgan fingerprint density at radius 3 is 2.21 bits per heavy atom. The number of nitrogens with one attached hydrogen (secondary N) is 2. The molecule has 1 amide bonds. The summed E-state index contributed by atoms with van der Waals surface area (Å²) in [5.41, 5.74) is -10.7. The van der Waals surface area contributed by atoms with Crippen LogP contribution in [0.3, 0.4) is 0 Å². The Labute approximate surface area is 474 Å². The zero-order chi connectivity index (χ0) is 59.6. The van der Waals surface area contributed by atoms with E-state index in [1.54, 1.807) is 82.4 Å². The smallest absolute Gasteiger partial charge is 0.311 e. The third-order valence-electron chi connectivity index (χ3n) is 21.2. The minimum atomic E-state index is -2.13. The highest BCUT2D eigenvalue weighted by molar-refractivity contribution is 5.93. The van der Waals surface area contributed by atoms with Gasteiger partial charge in [-0.1, -0.05) is 52.3 Å². The average molecular weight is 1140 g/mol. The Morgan fingerprint density at radius 2 is 1.57 bits per heavy atom. The van der Waals surface area contributed by atoms with Gasteiger partial charge in [-0.2, -0.15) is 0 Å². The van der Waals surface area contributed by atoms with E-state index < -0.39 is 154 Å². The number of ketones is 1. The average Bonchev–Trinajstić information content (AvgIpc) is 3.85. The van der Waals surface area contributed by atoms with Crippen LogP contribution < -0.4 is 10.6 Å². The Hall–Kier alpha value is -2.54. The summed E-state index contributed by atoms with van der Waals surface area (Å²) in [5, 5.41) is 91.2. The Kier molecular flexibility index (Phi) is 19.6. The number of aliphatic hydroxyl groups excluding tert-OH is 4. The maximum atomic E-state index is 17.9. The summed E-state index contributed by atoms with van der Waals surface area (Å²) < 4.78 is 56.0. The molecule has 3 heterocycles. The fourth-order valence-corrected chi connectivity index (χ4v) is 16.3. The van der Waals surface area contributed by atoms with Crippen molar-refractivity contribution in [3.63, 3.8) is 0 Å². The van der Waals surface area contributed by atoms with Crippen molar-refractivity contribution in [2.75, 3.05) is 33.8 Å². The minimum Gasteiger partial charge on any atom is -0.459 e. The number of hydrogen-bond acceptors (Lipinski definition) is 18. The molecule has 458 valence electrons. The number of likely N-dealkylation sites (N-methyl/N-ethyl adjacent to an activating group) is 1. The van der Waals surface area contributed by atoms with Crippen molar-refractivity contribution in [1.29, 1.82) is 0 Å². The summed E-state index contributed by atoms with van der Waals surface area (Å²) in [5.74, 6) is -5.69. The number of aliphatic hydroxyl groups is 7. The van der Waals surface area contributed by atoms with E-state index in [1.165, 1.54) is 20.1 Å². The molecule has 26 atom stereocenters. The number of methoxy groups -OCH3 is 1. The van der Waals surface area contributed by atoms with Crippen LogP contribution in [-0.2, 0) is 42.8 Å². The molecule has 0 aromatic carbocycles. The number of allylic oxidation sites excluding steroid dienone is 4. The lowest BCUT2D eigenvalue weighted by Gasteiger charge is -2.61. The fraction of sp³-hybridized carbons (Fsp3) is 0.883. The normalized spacial score (nSPS) is 50.7. The van der Waals surface area contributed by atoms with Gasteiger partial charge in [-0.15, -0.1) is 0 Å². The molecule has 80 heavy (non-hydrogen) atoms. The molecule has 20 heteroatoms. The third kappa shape index (κ3) is 11.4. The van der Waals surface area contributed by atoms with Gasteiger partial charge < -0.3 is 74.8 Å². The quantitative estimate of drug-likeness (QED) is 0.0764. The highest BCUT2D eigenvalue weighted by Crippen LogP contribution is 2.70. The fourth-order valence-electron chi connectivity index (χ4n) is 16.3. The van der Waals surface area contributed by atoms with E-state index in [0.717, 1.165) is 0 Å². The van der Waals surface area contributed by atoms with E-state index in [1.807, 2.05) is 24.8 Å². The highest BCUT2D eigenvalue weighted by atomic mass is 19.1. The monoisotopic (exact) mass is 1140 g/mol. The van der Waals surface area contributed by atoms with E-state index in [4.69, 9.17) is 28.4 Å². The molecule has 5 fully saturated rings. The lowest BCUT2D eigenvalue weighted by molar-refractivity contribution is -0.316. The number of alkyl halides is 1. The number of halogens is 1. The summed E-state index contributed by atoms with van der Waals surface area (Å²) in [7, 11) is 3.22. The van der Waals surface area contributed by atoms with Crippen molar-refractivity contribution in [2.24, 2.45) is 46.3 Å². The van der Waals surface area contributed by atoms with E-state index in [0.29, 0.717) is 24.8 Å². The number of amides is 1. The molecule has 3 saturated heterocycles. The van der Waals surface area contributed by atoms with Crippen LogP contribution in [0.4, 0.5) is 4.39 Å². The van der Waals surface area contributed by atoms with Crippen LogP contribution >= 0.6 is 0 Å². The van der Waals surface area contributed by atoms with Crippen LogP contribution in [0.2, 0.25) is 0 Å². The Bertz CT molecular complexity index is 2270. The second-order valence-electron chi connectivity index (χ2n) is 26.9. The van der Waals surface area contributed by atoms with Gasteiger partial charge in [0.05, 0.1) is 47.6 Å². The van der Waals surface area contributed by atoms with Crippen LogP contribution in [0.5, 0.6) is 0 Å². The van der Waals surface area contributed by atoms with Crippen molar-refractivity contribution in [1.82, 2.24) is 15.5 Å². The first-order valence-electron chi connectivity index (χ1n) is 29.7. The zero-order valence-electron chi connectivity index (χ0n) is 50.3. The number of nitrogens with zero attached hydrogens (tertiary/aromatic N) is 1. The molecule has 0 bridgehead atoms. The van der Waals surface area contributed by atoms with Crippen molar-refractivity contribution in [3.05, 3.63) is 23.8 Å². The molecule has 7 aliphatic rings. The molecule has 0 spiro atoms. The second-order valence-corrected chi connectivity index (χ2v) is 26.9. The molecular weight excluding hydrogens is 1040 g/mol. The molecule has 0 aromatic rings. The highest BCUT2D eigenvalue weighted by Gasteiger charge is 2.75. The van der Waals surface area contributed by atoms with Gasteiger partial charge in [-0.25, -0.2) is 4.39 Å². The van der Waals surface area contributed by atoms with E-state index in [9.17, 15) is 50.1 Å². The molecule has 2 unspecified atom stereocenters. The van der Waals surface area contributed by atoms with Crippen LogP contribution in [0.15, 0.2) is 23.8 Å². The summed E-state index contributed by atoms with van der Waals surface area (Å²) in [6.07, 6.45) is -5.69. The van der Waals surface area contributed by atoms with Crippen LogP contribution in [0.1, 0.15) is 148 Å². The molecule has 4 aliphatic carbocycles. The molecule has 9 N–H and O–H groups in total. The van der Waals surface area contributed by atoms with Gasteiger partial charge in [-0.05, 0) is 131 Å². The van der Waals surface area contributed by atoms with Crippen molar-refractivity contribution < 1.29 is 82.9 Å². The summed E-state index contributed by atoms with van der Waals surface area (Å²) in [6.45, 7) is 23.0. The Balaban J connectivity index is 1.16. The maximum absolute atomic E-state index is 17.9. The summed E-state index contributed by atoms with van der Waals surface area (Å²) in [4.78, 5) is 43.7. The van der Waals surface area contributed by atoms with Gasteiger partial charge in [0.25, 0.3) is 5.91 Å². The Morgan fingerprint density at radius 1 is 0.900 bits per heavy atom. The predicted octanol–water partition coefficient (Wildman–Crippen LogP) is 3.78. The minimum absolute atomic E-state index is 0.0635. The molecule has 0 aromatic heterocycles. The van der Waals surface area contributed by atoms with Crippen LogP contribution in [0, 0.1) is 46.3 Å². The van der Waals surface area contributed by atoms with Gasteiger partial charge in [0, 0.05) is 74.3 Å². The SMILES string of the molecule is CC[C@H]1OC(=O)[C@H](C)[C@@H](O[C@H]2C[C@@](C)(OC)[C@@H](O)[C@H](C)O2)[C@H](C)[C@@H](O[C@@H]2O[C@H](C)C[C@H](NC)[C@H]2O)[C@](C)(O)C[C@@H](C)CN(CCCNC(=O)[C@@]2(O)[C@H](C)CC3C4CC=C5CC(=O)C=C[C@]5(C)[C@@]4(F)[C@@H](O)C[C@@]32C)[C@H](C)[C@@H](O)[C@]1(C)O. The first kappa shape index (κ1) is 65.0. The number of carbonyl (C=O) groups is 3. The van der Waals surface area contributed by atoms with Crippen LogP contribution in [0.25, 0.3) is 0 Å². The number of hydrogen-bond donors (Lipinski definition) is 9. The summed E-state index contributed by atoms with van der Waals surface area (Å²) in [6, 6.07) is -1.22. The number of fused-ring (bicyclic) bond motifs is 5. The molecule has 3 aliphatic heterocycles. The van der Waals surface area contributed by atoms with Gasteiger partial charge in [0.1, 0.15) is 30.0 Å². The zero-order valence-corrected chi connectivity index (χ0v) is 50.3. The number of rotatable bonds is 12. The molecule has 7 rings (SSSR count). The lowest BCUT2D eigenvalue weighted by Crippen LogP contribution is -2.69. The first-order chi connectivity index (χ1) is 37.1.